The zero-order valence-corrected chi connectivity index (χ0v) is 7.88. The van der Waals surface area contributed by atoms with Crippen LogP contribution >= 0.6 is 0 Å². The van der Waals surface area contributed by atoms with Crippen molar-refractivity contribution in [3.05, 3.63) is 36.4 Å². The Morgan fingerprint density at radius 1 is 1.20 bits per heavy atom. The smallest absolute Gasteiger partial charge is 0.183 e. The highest BCUT2D eigenvalue weighted by Crippen LogP contribution is 2.15. The fourth-order valence-electron chi connectivity index (χ4n) is 1.50. The SMILES string of the molecule is Nc1cc2nc(-c3ccccc3)nn2[nH]1. The van der Waals surface area contributed by atoms with Gasteiger partial charge in [-0.15, -0.1) is 5.10 Å². The topological polar surface area (TPSA) is 72.0 Å². The first-order chi connectivity index (χ1) is 7.33. The molecular formula is C10H9N5. The summed E-state index contributed by atoms with van der Waals surface area (Å²) in [6.07, 6.45) is 0. The lowest BCUT2D eigenvalue weighted by atomic mass is 10.2. The van der Waals surface area contributed by atoms with Crippen molar-refractivity contribution in [2.75, 3.05) is 5.73 Å². The van der Waals surface area contributed by atoms with Crippen LogP contribution in [0.3, 0.4) is 0 Å². The fourth-order valence-corrected chi connectivity index (χ4v) is 1.50. The average Bonchev–Trinajstić information content (AvgIpc) is 2.76. The van der Waals surface area contributed by atoms with Gasteiger partial charge < -0.3 is 5.73 Å². The molecule has 0 radical (unpaired) electrons. The Morgan fingerprint density at radius 3 is 2.73 bits per heavy atom. The second kappa shape index (κ2) is 2.84. The average molecular weight is 199 g/mol. The first-order valence-electron chi connectivity index (χ1n) is 4.59. The van der Waals surface area contributed by atoms with E-state index in [2.05, 4.69) is 15.2 Å². The van der Waals surface area contributed by atoms with Gasteiger partial charge >= 0.3 is 0 Å². The van der Waals surface area contributed by atoms with Crippen molar-refractivity contribution in [2.45, 2.75) is 0 Å². The van der Waals surface area contributed by atoms with Crippen LogP contribution in [0.5, 0.6) is 0 Å². The molecule has 2 heterocycles. The van der Waals surface area contributed by atoms with Crippen molar-refractivity contribution < 1.29 is 0 Å². The molecule has 0 unspecified atom stereocenters. The first-order valence-corrected chi connectivity index (χ1v) is 4.59. The number of fused-ring (bicyclic) bond motifs is 1. The van der Waals surface area contributed by atoms with Crippen LogP contribution in [-0.2, 0) is 0 Å². The summed E-state index contributed by atoms with van der Waals surface area (Å²) >= 11 is 0. The van der Waals surface area contributed by atoms with Gasteiger partial charge in [0.15, 0.2) is 11.5 Å². The molecular weight excluding hydrogens is 190 g/mol. The molecule has 0 fully saturated rings. The Morgan fingerprint density at radius 2 is 2.00 bits per heavy atom. The molecule has 1 aromatic carbocycles. The molecule has 3 N–H and O–H groups in total. The maximum Gasteiger partial charge on any atom is 0.183 e. The third-order valence-corrected chi connectivity index (χ3v) is 2.18. The maximum atomic E-state index is 5.57. The highest BCUT2D eigenvalue weighted by atomic mass is 15.5. The lowest BCUT2D eigenvalue weighted by molar-refractivity contribution is 0.830. The number of anilines is 1. The summed E-state index contributed by atoms with van der Waals surface area (Å²) in [6, 6.07) is 11.6. The highest BCUT2D eigenvalue weighted by Gasteiger charge is 2.06. The van der Waals surface area contributed by atoms with Gasteiger partial charge in [-0.1, -0.05) is 30.3 Å². The molecule has 0 aliphatic carbocycles. The van der Waals surface area contributed by atoms with Crippen LogP contribution in [0.4, 0.5) is 5.82 Å². The number of rotatable bonds is 1. The van der Waals surface area contributed by atoms with E-state index in [9.17, 15) is 0 Å². The molecule has 3 rings (SSSR count). The van der Waals surface area contributed by atoms with Crippen molar-refractivity contribution in [3.8, 4) is 11.4 Å². The Bertz CT molecular complexity index is 561. The molecule has 0 bridgehead atoms. The molecule has 0 atom stereocenters. The predicted molar refractivity (Wildman–Crippen MR) is 57.2 cm³/mol. The van der Waals surface area contributed by atoms with Crippen molar-refractivity contribution in [3.63, 3.8) is 0 Å². The largest absolute Gasteiger partial charge is 0.384 e. The predicted octanol–water partition coefficient (Wildman–Crippen LogP) is 1.31. The minimum Gasteiger partial charge on any atom is -0.384 e. The molecule has 2 aromatic heterocycles. The molecule has 3 aromatic rings. The summed E-state index contributed by atoms with van der Waals surface area (Å²) in [5, 5.41) is 7.14. The first kappa shape index (κ1) is 8.05. The summed E-state index contributed by atoms with van der Waals surface area (Å²) in [7, 11) is 0. The van der Waals surface area contributed by atoms with Gasteiger partial charge in [-0.2, -0.15) is 4.63 Å². The number of hydrogen-bond donors (Lipinski definition) is 2. The lowest BCUT2D eigenvalue weighted by Gasteiger charge is -1.91. The maximum absolute atomic E-state index is 5.57. The third-order valence-electron chi connectivity index (χ3n) is 2.18. The van der Waals surface area contributed by atoms with Crippen LogP contribution < -0.4 is 5.73 Å². The van der Waals surface area contributed by atoms with Crippen molar-refractivity contribution >= 4 is 11.5 Å². The summed E-state index contributed by atoms with van der Waals surface area (Å²) in [5.41, 5.74) is 7.29. The van der Waals surface area contributed by atoms with Crippen LogP contribution in [-0.4, -0.2) is 19.8 Å². The van der Waals surface area contributed by atoms with Crippen molar-refractivity contribution in [1.82, 2.24) is 19.8 Å². The van der Waals surface area contributed by atoms with Crippen LogP contribution in [0.25, 0.3) is 17.0 Å². The van der Waals surface area contributed by atoms with Crippen molar-refractivity contribution in [2.24, 2.45) is 0 Å². The molecule has 0 aliphatic rings. The number of benzene rings is 1. The number of nitrogens with zero attached hydrogens (tertiary/aromatic N) is 3. The van der Waals surface area contributed by atoms with Crippen LogP contribution in [0.2, 0.25) is 0 Å². The van der Waals surface area contributed by atoms with Gasteiger partial charge in [-0.25, -0.2) is 4.98 Å². The van der Waals surface area contributed by atoms with Crippen LogP contribution in [0.15, 0.2) is 36.4 Å². The number of aromatic nitrogens is 4. The molecule has 74 valence electrons. The van der Waals surface area contributed by atoms with E-state index in [0.29, 0.717) is 11.6 Å². The molecule has 0 aliphatic heterocycles. The van der Waals surface area contributed by atoms with E-state index in [0.717, 1.165) is 11.2 Å². The summed E-state index contributed by atoms with van der Waals surface area (Å²) in [6.45, 7) is 0. The number of aromatic amines is 1. The van der Waals surface area contributed by atoms with Gasteiger partial charge in [0.25, 0.3) is 0 Å². The molecule has 0 spiro atoms. The van der Waals surface area contributed by atoms with E-state index in [4.69, 9.17) is 5.73 Å². The van der Waals surface area contributed by atoms with Crippen LogP contribution in [0.1, 0.15) is 0 Å². The van der Waals surface area contributed by atoms with Gasteiger partial charge in [0.05, 0.1) is 0 Å². The number of hydrogen-bond acceptors (Lipinski definition) is 3. The summed E-state index contributed by atoms with van der Waals surface area (Å²) < 4.78 is 1.57. The van der Waals surface area contributed by atoms with E-state index in [-0.39, 0.29) is 0 Å². The number of H-pyrrole nitrogens is 1. The monoisotopic (exact) mass is 199 g/mol. The van der Waals surface area contributed by atoms with E-state index >= 15 is 0 Å². The van der Waals surface area contributed by atoms with Gasteiger partial charge in [0, 0.05) is 11.6 Å². The van der Waals surface area contributed by atoms with E-state index in [1.807, 2.05) is 30.3 Å². The summed E-state index contributed by atoms with van der Waals surface area (Å²) in [5.74, 6) is 1.26. The highest BCUT2D eigenvalue weighted by molar-refractivity contribution is 5.59. The Labute approximate surface area is 85.5 Å². The quantitative estimate of drug-likeness (QED) is 0.620. The van der Waals surface area contributed by atoms with Gasteiger partial charge in [0.2, 0.25) is 0 Å². The number of nitrogens with one attached hydrogen (secondary N) is 1. The van der Waals surface area contributed by atoms with E-state index in [1.54, 1.807) is 10.7 Å². The Balaban J connectivity index is 2.16. The number of nitrogens with two attached hydrogens (primary N) is 1. The zero-order chi connectivity index (χ0) is 10.3. The van der Waals surface area contributed by atoms with Gasteiger partial charge in [-0.3, -0.25) is 5.10 Å². The molecule has 0 saturated carbocycles. The fraction of sp³-hybridized carbons (Fsp3) is 0. The molecule has 0 amide bonds. The molecule has 5 heteroatoms. The normalized spacial score (nSPS) is 10.9. The molecule has 15 heavy (non-hydrogen) atoms. The van der Waals surface area contributed by atoms with Crippen LogP contribution in [0, 0.1) is 0 Å². The second-order valence-electron chi connectivity index (χ2n) is 3.28. The lowest BCUT2D eigenvalue weighted by Crippen LogP contribution is -1.90. The Kier molecular flexibility index (Phi) is 1.53. The minimum absolute atomic E-state index is 0.560. The van der Waals surface area contributed by atoms with Gasteiger partial charge in [-0.05, 0) is 0 Å². The number of nitrogen functional groups attached to an aromatic ring is 1. The van der Waals surface area contributed by atoms with E-state index < -0.39 is 0 Å². The third kappa shape index (κ3) is 1.25. The second-order valence-corrected chi connectivity index (χ2v) is 3.28. The summed E-state index contributed by atoms with van der Waals surface area (Å²) in [4.78, 5) is 4.34. The van der Waals surface area contributed by atoms with Crippen molar-refractivity contribution in [1.29, 1.82) is 0 Å². The standard InChI is InChI=1S/C10H9N5/c11-8-6-9-12-10(14-15(9)13-8)7-4-2-1-3-5-7/h1-6,13H,11H2. The van der Waals surface area contributed by atoms with E-state index in [1.165, 1.54) is 0 Å². The molecule has 5 nitrogen and oxygen atoms in total. The molecule has 0 saturated heterocycles. The minimum atomic E-state index is 0.560. The Hall–Kier alpha value is -2.30. The zero-order valence-electron chi connectivity index (χ0n) is 7.88. The van der Waals surface area contributed by atoms with Gasteiger partial charge in [0.1, 0.15) is 5.82 Å².